The molecule has 0 heterocycles. The van der Waals surface area contributed by atoms with Crippen molar-refractivity contribution >= 4 is 21.8 Å². The Balaban J connectivity index is 1.76. The fourth-order valence-corrected chi connectivity index (χ4v) is 3.19. The fourth-order valence-electron chi connectivity index (χ4n) is 2.73. The van der Waals surface area contributed by atoms with E-state index in [2.05, 4.69) is 21.2 Å². The molecule has 0 saturated heterocycles. The molecule has 1 aliphatic carbocycles. The molecular weight excluding hydrogens is 342 g/mol. The number of carbonyl (C=O) groups excluding carboxylic acids is 1. The van der Waals surface area contributed by atoms with Gasteiger partial charge in [-0.2, -0.15) is 0 Å². The van der Waals surface area contributed by atoms with Gasteiger partial charge in [0.25, 0.3) is 5.91 Å². The summed E-state index contributed by atoms with van der Waals surface area (Å²) in [5.41, 5.74) is 0.455. The minimum atomic E-state index is -0.988. The highest BCUT2D eigenvalue weighted by Crippen LogP contribution is 2.45. The van der Waals surface area contributed by atoms with Gasteiger partial charge >= 0.3 is 0 Å². The van der Waals surface area contributed by atoms with Crippen molar-refractivity contribution < 1.29 is 9.90 Å². The standard InChI is InChI=1S/C18H18BrNO2/c19-16-9-5-4-8-15(16)17(21)20-12-18(22,14-10-11-14)13-6-2-1-3-7-13/h1-9,14,22H,10-12H2,(H,20,21)/t18-/m0/s1. The molecule has 1 saturated carbocycles. The second kappa shape index (κ2) is 6.23. The first kappa shape index (κ1) is 15.3. The van der Waals surface area contributed by atoms with Crippen LogP contribution in [0.5, 0.6) is 0 Å². The van der Waals surface area contributed by atoms with E-state index in [-0.39, 0.29) is 18.4 Å². The zero-order valence-corrected chi connectivity index (χ0v) is 13.7. The van der Waals surface area contributed by atoms with Gasteiger partial charge in [-0.25, -0.2) is 0 Å². The van der Waals surface area contributed by atoms with Crippen LogP contribution in [0, 0.1) is 5.92 Å². The number of halogens is 1. The Morgan fingerprint density at radius 1 is 1.14 bits per heavy atom. The molecule has 4 heteroatoms. The molecule has 0 aliphatic heterocycles. The lowest BCUT2D eigenvalue weighted by atomic mass is 9.88. The molecule has 2 aromatic rings. The van der Waals surface area contributed by atoms with Crippen molar-refractivity contribution in [2.24, 2.45) is 5.92 Å². The van der Waals surface area contributed by atoms with Crippen molar-refractivity contribution in [2.75, 3.05) is 6.54 Å². The molecule has 22 heavy (non-hydrogen) atoms. The number of amides is 1. The van der Waals surface area contributed by atoms with Crippen LogP contribution < -0.4 is 5.32 Å². The zero-order valence-electron chi connectivity index (χ0n) is 12.1. The molecule has 1 fully saturated rings. The Bertz CT molecular complexity index is 670. The van der Waals surface area contributed by atoms with E-state index >= 15 is 0 Å². The van der Waals surface area contributed by atoms with Gasteiger partial charge in [0.2, 0.25) is 0 Å². The Morgan fingerprint density at radius 2 is 1.77 bits per heavy atom. The molecule has 0 bridgehead atoms. The third-order valence-corrected chi connectivity index (χ3v) is 4.85. The van der Waals surface area contributed by atoms with Crippen LogP contribution in [0.1, 0.15) is 28.8 Å². The average molecular weight is 360 g/mol. The van der Waals surface area contributed by atoms with Crippen LogP contribution in [-0.2, 0) is 5.60 Å². The van der Waals surface area contributed by atoms with Crippen molar-refractivity contribution in [3.8, 4) is 0 Å². The van der Waals surface area contributed by atoms with Crippen LogP contribution in [0.2, 0.25) is 0 Å². The van der Waals surface area contributed by atoms with Crippen LogP contribution in [0.15, 0.2) is 59.1 Å². The summed E-state index contributed by atoms with van der Waals surface area (Å²) in [4.78, 5) is 12.3. The van der Waals surface area contributed by atoms with Crippen molar-refractivity contribution in [3.05, 3.63) is 70.2 Å². The Morgan fingerprint density at radius 3 is 2.41 bits per heavy atom. The molecule has 0 radical (unpaired) electrons. The maximum absolute atomic E-state index is 12.3. The van der Waals surface area contributed by atoms with Gasteiger partial charge in [-0.15, -0.1) is 0 Å². The van der Waals surface area contributed by atoms with Crippen LogP contribution >= 0.6 is 15.9 Å². The molecule has 1 aliphatic rings. The van der Waals surface area contributed by atoms with Gasteiger partial charge in [-0.05, 0) is 52.4 Å². The highest BCUT2D eigenvalue weighted by molar-refractivity contribution is 9.10. The number of nitrogens with one attached hydrogen (secondary N) is 1. The van der Waals surface area contributed by atoms with E-state index in [4.69, 9.17) is 0 Å². The summed E-state index contributed by atoms with van der Waals surface area (Å²) in [6.07, 6.45) is 1.99. The fraction of sp³-hybridized carbons (Fsp3) is 0.278. The SMILES string of the molecule is O=C(NC[C@](O)(c1ccccc1)C1CC1)c1ccccc1Br. The predicted octanol–water partition coefficient (Wildman–Crippen LogP) is 3.48. The number of benzene rings is 2. The van der Waals surface area contributed by atoms with E-state index in [9.17, 15) is 9.90 Å². The lowest BCUT2D eigenvalue weighted by molar-refractivity contribution is 0.0135. The number of hydrogen-bond donors (Lipinski definition) is 2. The molecule has 3 rings (SSSR count). The normalized spacial score (nSPS) is 16.8. The minimum absolute atomic E-state index is 0.178. The smallest absolute Gasteiger partial charge is 0.252 e. The predicted molar refractivity (Wildman–Crippen MR) is 89.5 cm³/mol. The molecule has 0 unspecified atom stereocenters. The number of carbonyl (C=O) groups is 1. The van der Waals surface area contributed by atoms with E-state index in [1.165, 1.54) is 0 Å². The lowest BCUT2D eigenvalue weighted by Crippen LogP contribution is -2.42. The first-order chi connectivity index (χ1) is 10.6. The summed E-state index contributed by atoms with van der Waals surface area (Å²) < 4.78 is 0.752. The molecule has 3 nitrogen and oxygen atoms in total. The monoisotopic (exact) mass is 359 g/mol. The van der Waals surface area contributed by atoms with E-state index in [1.807, 2.05) is 48.5 Å². The van der Waals surface area contributed by atoms with Gasteiger partial charge in [0.05, 0.1) is 12.1 Å². The van der Waals surface area contributed by atoms with Crippen molar-refractivity contribution in [1.82, 2.24) is 5.32 Å². The largest absolute Gasteiger partial charge is 0.383 e. The summed E-state index contributed by atoms with van der Waals surface area (Å²) in [5.74, 6) is 0.0388. The summed E-state index contributed by atoms with van der Waals surface area (Å²) >= 11 is 3.38. The van der Waals surface area contributed by atoms with E-state index in [0.29, 0.717) is 5.56 Å². The molecular formula is C18H18BrNO2. The third kappa shape index (κ3) is 3.08. The van der Waals surface area contributed by atoms with Crippen molar-refractivity contribution in [2.45, 2.75) is 18.4 Å². The molecule has 0 spiro atoms. The first-order valence-corrected chi connectivity index (χ1v) is 8.21. The van der Waals surface area contributed by atoms with E-state index in [1.54, 1.807) is 6.07 Å². The molecule has 1 amide bonds. The van der Waals surface area contributed by atoms with Crippen molar-refractivity contribution in [1.29, 1.82) is 0 Å². The maximum Gasteiger partial charge on any atom is 0.252 e. The Hall–Kier alpha value is -1.65. The molecule has 2 aromatic carbocycles. The van der Waals surface area contributed by atoms with Crippen LogP contribution in [0.25, 0.3) is 0 Å². The second-order valence-corrected chi connectivity index (χ2v) is 6.58. The zero-order chi connectivity index (χ0) is 15.6. The highest BCUT2D eigenvalue weighted by Gasteiger charge is 2.45. The second-order valence-electron chi connectivity index (χ2n) is 5.73. The number of rotatable bonds is 5. The van der Waals surface area contributed by atoms with Gasteiger partial charge in [0.1, 0.15) is 5.60 Å². The summed E-state index contributed by atoms with van der Waals surface area (Å²) in [6.45, 7) is 0.224. The summed E-state index contributed by atoms with van der Waals surface area (Å²) in [7, 11) is 0. The van der Waals surface area contributed by atoms with Crippen molar-refractivity contribution in [3.63, 3.8) is 0 Å². The Labute approximate surface area is 138 Å². The first-order valence-electron chi connectivity index (χ1n) is 7.42. The van der Waals surface area contributed by atoms with Crippen LogP contribution in [0.4, 0.5) is 0 Å². The lowest BCUT2D eigenvalue weighted by Gasteiger charge is -2.29. The van der Waals surface area contributed by atoms with Gasteiger partial charge in [-0.1, -0.05) is 42.5 Å². The quantitative estimate of drug-likeness (QED) is 0.858. The van der Waals surface area contributed by atoms with Crippen LogP contribution in [0.3, 0.4) is 0 Å². The number of aliphatic hydroxyl groups is 1. The summed E-state index contributed by atoms with van der Waals surface area (Å²) in [6, 6.07) is 16.9. The average Bonchev–Trinajstić information content (AvgIpc) is 3.39. The Kier molecular flexibility index (Phi) is 4.32. The van der Waals surface area contributed by atoms with Gasteiger partial charge in [0.15, 0.2) is 0 Å². The van der Waals surface area contributed by atoms with E-state index < -0.39 is 5.60 Å². The number of hydrogen-bond acceptors (Lipinski definition) is 2. The highest BCUT2D eigenvalue weighted by atomic mass is 79.9. The molecule has 1 atom stereocenters. The van der Waals surface area contributed by atoms with Gasteiger partial charge in [-0.3, -0.25) is 4.79 Å². The maximum atomic E-state index is 12.3. The van der Waals surface area contributed by atoms with Crippen LogP contribution in [-0.4, -0.2) is 17.6 Å². The summed E-state index contributed by atoms with van der Waals surface area (Å²) in [5, 5.41) is 13.9. The topological polar surface area (TPSA) is 49.3 Å². The minimum Gasteiger partial charge on any atom is -0.383 e. The molecule has 0 aromatic heterocycles. The van der Waals surface area contributed by atoms with E-state index in [0.717, 1.165) is 22.9 Å². The van der Waals surface area contributed by atoms with Gasteiger partial charge < -0.3 is 10.4 Å². The van der Waals surface area contributed by atoms with Gasteiger partial charge in [0, 0.05) is 4.47 Å². The molecule has 2 N–H and O–H groups in total. The third-order valence-electron chi connectivity index (χ3n) is 4.16. The molecule has 114 valence electrons.